The molecular weight excluding hydrogens is 396 g/mol. The summed E-state index contributed by atoms with van der Waals surface area (Å²) in [4.78, 5) is 36.2. The van der Waals surface area contributed by atoms with Gasteiger partial charge in [0.25, 0.3) is 0 Å². The van der Waals surface area contributed by atoms with Gasteiger partial charge < -0.3 is 24.8 Å². The number of carbonyl (C=O) groups excluding carboxylic acids is 2. The Labute approximate surface area is 177 Å². The van der Waals surface area contributed by atoms with Crippen LogP contribution in [-0.2, 0) is 9.47 Å². The number of nitrogens with one attached hydrogen (secondary N) is 3. The number of hydrogen-bond acceptors (Lipinski definition) is 6. The lowest BCUT2D eigenvalue weighted by Gasteiger charge is -2.14. The molecule has 0 fully saturated rings. The molecule has 0 saturated heterocycles. The van der Waals surface area contributed by atoms with Gasteiger partial charge in [-0.2, -0.15) is 0 Å². The Morgan fingerprint density at radius 3 is 2.61 bits per heavy atom. The van der Waals surface area contributed by atoms with Crippen LogP contribution in [0.3, 0.4) is 0 Å². The number of ether oxygens (including phenoxy) is 2. The molecule has 3 N–H and O–H groups in total. The second-order valence-corrected chi connectivity index (χ2v) is 7.27. The highest BCUT2D eigenvalue weighted by Crippen LogP contribution is 2.44. The van der Waals surface area contributed by atoms with Crippen molar-refractivity contribution in [2.75, 3.05) is 26.1 Å². The van der Waals surface area contributed by atoms with Crippen molar-refractivity contribution in [1.29, 1.82) is 0 Å². The van der Waals surface area contributed by atoms with Crippen molar-refractivity contribution in [2.24, 2.45) is 0 Å². The average Bonchev–Trinajstić information content (AvgIpc) is 3.52. The topological polar surface area (TPSA) is 109 Å². The highest BCUT2D eigenvalue weighted by Gasteiger charge is 2.36. The maximum absolute atomic E-state index is 12.8. The van der Waals surface area contributed by atoms with Crippen LogP contribution in [0, 0.1) is 0 Å². The van der Waals surface area contributed by atoms with Gasteiger partial charge in [0, 0.05) is 58.0 Å². The zero-order chi connectivity index (χ0) is 21.5. The summed E-state index contributed by atoms with van der Waals surface area (Å²) >= 11 is 0. The van der Waals surface area contributed by atoms with Gasteiger partial charge in [-0.3, -0.25) is 0 Å². The number of methoxy groups -OCH3 is 2. The van der Waals surface area contributed by atoms with Gasteiger partial charge >= 0.3 is 11.9 Å². The summed E-state index contributed by atoms with van der Waals surface area (Å²) in [5, 5.41) is 4.23. The van der Waals surface area contributed by atoms with E-state index >= 15 is 0 Å². The predicted molar refractivity (Wildman–Crippen MR) is 115 cm³/mol. The quantitative estimate of drug-likeness (QED) is 0.438. The minimum atomic E-state index is -0.561. The third kappa shape index (κ3) is 2.87. The lowest BCUT2D eigenvalue weighted by atomic mass is 9.87. The first kappa shape index (κ1) is 18.9. The fourth-order valence-electron chi connectivity index (χ4n) is 4.35. The zero-order valence-electron chi connectivity index (χ0n) is 17.0. The number of H-pyrrole nitrogens is 2. The highest BCUT2D eigenvalue weighted by molar-refractivity contribution is 6.07. The van der Waals surface area contributed by atoms with E-state index in [1.54, 1.807) is 6.20 Å². The van der Waals surface area contributed by atoms with E-state index in [0.717, 1.165) is 27.8 Å². The number of pyridine rings is 1. The molecule has 156 valence electrons. The maximum Gasteiger partial charge on any atom is 0.355 e. The molecule has 4 aromatic rings. The van der Waals surface area contributed by atoms with Crippen molar-refractivity contribution >= 4 is 28.7 Å². The van der Waals surface area contributed by atoms with E-state index in [0.29, 0.717) is 17.7 Å². The van der Waals surface area contributed by atoms with Gasteiger partial charge in [0.1, 0.15) is 17.2 Å². The molecule has 8 heteroatoms. The molecular formula is C23H20N4O4. The van der Waals surface area contributed by atoms with Crippen LogP contribution in [-0.4, -0.2) is 47.7 Å². The van der Waals surface area contributed by atoms with Gasteiger partial charge in [-0.25, -0.2) is 14.6 Å². The third-order valence-electron chi connectivity index (χ3n) is 5.71. The van der Waals surface area contributed by atoms with E-state index in [1.165, 1.54) is 14.2 Å². The molecule has 1 unspecified atom stereocenters. The van der Waals surface area contributed by atoms with E-state index in [4.69, 9.17) is 9.47 Å². The number of hydrogen-bond donors (Lipinski definition) is 3. The van der Waals surface area contributed by atoms with Crippen LogP contribution in [0.1, 0.15) is 38.0 Å². The maximum atomic E-state index is 12.8. The molecule has 0 amide bonds. The Morgan fingerprint density at radius 1 is 1.03 bits per heavy atom. The van der Waals surface area contributed by atoms with Gasteiger partial charge in [-0.05, 0) is 12.1 Å². The standard InChI is InChI=1S/C23H20N4O4/c1-30-22(28)19-17(14-10-25-16-8-4-3-6-12(14)16)18(20(27-19)23(29)31-2)15-11-26-21-13(15)7-5-9-24-21/h3-10,15,25,27H,11H2,1-2H3,(H,24,26). The monoisotopic (exact) mass is 416 g/mol. The van der Waals surface area contributed by atoms with Crippen LogP contribution >= 0.6 is 0 Å². The first-order valence-corrected chi connectivity index (χ1v) is 9.81. The van der Waals surface area contributed by atoms with Crippen LogP contribution in [0.4, 0.5) is 5.82 Å². The second kappa shape index (κ2) is 7.32. The number of rotatable bonds is 4. The molecule has 3 aromatic heterocycles. The molecule has 0 spiro atoms. The molecule has 5 rings (SSSR count). The van der Waals surface area contributed by atoms with E-state index in [-0.39, 0.29) is 17.3 Å². The number of benzene rings is 1. The largest absolute Gasteiger partial charge is 0.464 e. The molecule has 0 saturated carbocycles. The Balaban J connectivity index is 1.85. The molecule has 4 heterocycles. The van der Waals surface area contributed by atoms with Crippen molar-refractivity contribution in [1.82, 2.24) is 15.0 Å². The molecule has 8 nitrogen and oxygen atoms in total. The van der Waals surface area contributed by atoms with Crippen LogP contribution in [0.15, 0.2) is 48.8 Å². The summed E-state index contributed by atoms with van der Waals surface area (Å²) in [6.07, 6.45) is 3.56. The molecule has 0 bridgehead atoms. The lowest BCUT2D eigenvalue weighted by Crippen LogP contribution is -2.11. The fourth-order valence-corrected chi connectivity index (χ4v) is 4.35. The van der Waals surface area contributed by atoms with E-state index in [2.05, 4.69) is 20.3 Å². The average molecular weight is 416 g/mol. The summed E-state index contributed by atoms with van der Waals surface area (Å²) in [6, 6.07) is 11.6. The van der Waals surface area contributed by atoms with E-state index in [9.17, 15) is 9.59 Å². The summed E-state index contributed by atoms with van der Waals surface area (Å²) in [5.41, 5.74) is 4.40. The van der Waals surface area contributed by atoms with Crippen molar-refractivity contribution in [2.45, 2.75) is 5.92 Å². The molecule has 31 heavy (non-hydrogen) atoms. The van der Waals surface area contributed by atoms with Crippen LogP contribution in [0.2, 0.25) is 0 Å². The molecule has 1 atom stereocenters. The molecule has 1 aliphatic rings. The van der Waals surface area contributed by atoms with Gasteiger partial charge in [0.15, 0.2) is 0 Å². The van der Waals surface area contributed by atoms with Crippen molar-refractivity contribution < 1.29 is 19.1 Å². The number of nitrogens with zero attached hydrogens (tertiary/aromatic N) is 1. The van der Waals surface area contributed by atoms with Crippen molar-refractivity contribution in [3.8, 4) is 11.1 Å². The van der Waals surface area contributed by atoms with Crippen molar-refractivity contribution in [3.05, 3.63) is 71.3 Å². The third-order valence-corrected chi connectivity index (χ3v) is 5.71. The smallest absolute Gasteiger partial charge is 0.355 e. The zero-order valence-corrected chi connectivity index (χ0v) is 17.0. The number of esters is 2. The minimum absolute atomic E-state index is 0.208. The lowest BCUT2D eigenvalue weighted by molar-refractivity contribution is 0.0590. The summed E-state index contributed by atoms with van der Waals surface area (Å²) < 4.78 is 10.1. The fraction of sp³-hybridized carbons (Fsp3) is 0.174. The normalized spacial score (nSPS) is 14.8. The van der Waals surface area contributed by atoms with Crippen LogP contribution in [0.25, 0.3) is 22.0 Å². The van der Waals surface area contributed by atoms with Crippen LogP contribution in [0.5, 0.6) is 0 Å². The highest BCUT2D eigenvalue weighted by atomic mass is 16.5. The minimum Gasteiger partial charge on any atom is -0.464 e. The number of carbonyl (C=O) groups is 2. The molecule has 0 aliphatic carbocycles. The number of para-hydroxylation sites is 1. The van der Waals surface area contributed by atoms with Gasteiger partial charge in [-0.1, -0.05) is 24.3 Å². The summed E-state index contributed by atoms with van der Waals surface area (Å²) in [5.74, 6) is -0.567. The Hall–Kier alpha value is -4.07. The second-order valence-electron chi connectivity index (χ2n) is 7.27. The van der Waals surface area contributed by atoms with E-state index in [1.807, 2.05) is 42.6 Å². The summed E-state index contributed by atoms with van der Waals surface area (Å²) in [6.45, 7) is 0.532. The number of anilines is 1. The van der Waals surface area contributed by atoms with Gasteiger partial charge in [-0.15, -0.1) is 0 Å². The van der Waals surface area contributed by atoms with Crippen molar-refractivity contribution in [3.63, 3.8) is 0 Å². The molecule has 0 radical (unpaired) electrons. The predicted octanol–water partition coefficient (Wildman–Crippen LogP) is 3.69. The Morgan fingerprint density at radius 2 is 1.81 bits per heavy atom. The van der Waals surface area contributed by atoms with Crippen LogP contribution < -0.4 is 5.32 Å². The Kier molecular flexibility index (Phi) is 4.47. The molecule has 1 aromatic carbocycles. The van der Waals surface area contributed by atoms with Gasteiger partial charge in [0.05, 0.1) is 14.2 Å². The Bertz CT molecular complexity index is 1320. The summed E-state index contributed by atoms with van der Waals surface area (Å²) in [7, 11) is 2.63. The van der Waals surface area contributed by atoms with Gasteiger partial charge in [0.2, 0.25) is 0 Å². The number of fused-ring (bicyclic) bond motifs is 2. The van der Waals surface area contributed by atoms with E-state index < -0.39 is 11.9 Å². The number of aromatic nitrogens is 3. The molecule has 1 aliphatic heterocycles. The SMILES string of the molecule is COC(=O)c1[nH]c(C(=O)OC)c(C2CNc3ncccc32)c1-c1c[nH]c2ccccc12. The first-order valence-electron chi connectivity index (χ1n) is 9.81. The first-order chi connectivity index (χ1) is 15.1. The number of aromatic amines is 2.